The molecule has 1 aliphatic carbocycles. The lowest BCUT2D eigenvalue weighted by Gasteiger charge is -2.15. The topological polar surface area (TPSA) is 175 Å². The number of thiazole rings is 1. The summed E-state index contributed by atoms with van der Waals surface area (Å²) in [6, 6.07) is 6.47. The van der Waals surface area contributed by atoms with Gasteiger partial charge >= 0.3 is 10.3 Å². The largest absolute Gasteiger partial charge is 0.393 e. The molecule has 0 radical (unpaired) electrons. The Bertz CT molecular complexity index is 1370. The lowest BCUT2D eigenvalue weighted by molar-refractivity contribution is 0.103. The monoisotopic (exact) mass is 553 g/mol. The Balaban J connectivity index is 1.51. The maximum absolute atomic E-state index is 13.3. The van der Waals surface area contributed by atoms with Crippen LogP contribution in [0.1, 0.15) is 50.4 Å². The van der Waals surface area contributed by atoms with Crippen LogP contribution in [0.25, 0.3) is 0 Å². The Labute approximate surface area is 216 Å². The maximum Gasteiger partial charge on any atom is 0.333 e. The summed E-state index contributed by atoms with van der Waals surface area (Å²) in [7, 11) is -4.36. The number of nitrogens with zero attached hydrogens (tertiary/aromatic N) is 3. The molecule has 4 rings (SSSR count). The van der Waals surface area contributed by atoms with Crippen molar-refractivity contribution in [1.82, 2.24) is 19.7 Å². The van der Waals surface area contributed by atoms with Gasteiger partial charge in [-0.3, -0.25) is 9.35 Å². The van der Waals surface area contributed by atoms with Gasteiger partial charge < -0.3 is 15.5 Å². The molecule has 5 N–H and O–H groups in total. The number of carbonyl (C=O) groups excluding carboxylic acids is 1. The van der Waals surface area contributed by atoms with Crippen LogP contribution in [-0.2, 0) is 10.3 Å². The summed E-state index contributed by atoms with van der Waals surface area (Å²) in [5.74, 6) is -0.609. The fourth-order valence-corrected chi connectivity index (χ4v) is 5.69. The molecule has 2 aromatic heterocycles. The number of carbonyl (C=O) groups is 1. The van der Waals surface area contributed by atoms with Gasteiger partial charge in [0.2, 0.25) is 5.78 Å². The highest BCUT2D eigenvalue weighted by molar-refractivity contribution is 7.83. The predicted molar refractivity (Wildman–Crippen MR) is 134 cm³/mol. The van der Waals surface area contributed by atoms with Crippen molar-refractivity contribution >= 4 is 44.8 Å². The molecule has 1 aromatic carbocycles. The van der Waals surface area contributed by atoms with E-state index in [2.05, 4.69) is 20.3 Å². The van der Waals surface area contributed by atoms with E-state index in [1.165, 1.54) is 12.5 Å². The number of benzene rings is 1. The summed E-state index contributed by atoms with van der Waals surface area (Å²) in [4.78, 5) is 26.5. The maximum atomic E-state index is 13.3. The quantitative estimate of drug-likeness (QED) is 0.195. The number of halogens is 1. The Kier molecular flexibility index (Phi) is 7.99. The van der Waals surface area contributed by atoms with Crippen molar-refractivity contribution in [3.8, 4) is 0 Å². The molecule has 11 nitrogen and oxygen atoms in total. The lowest BCUT2D eigenvalue weighted by Crippen LogP contribution is -2.32. The van der Waals surface area contributed by atoms with Crippen LogP contribution < -0.4 is 10.0 Å². The van der Waals surface area contributed by atoms with E-state index < -0.39 is 34.2 Å². The predicted octanol–water partition coefficient (Wildman–Crippen LogP) is 2.15. The second-order valence-electron chi connectivity index (χ2n) is 8.50. The third kappa shape index (κ3) is 6.24. The molecule has 4 atom stereocenters. The third-order valence-corrected chi connectivity index (χ3v) is 7.69. The van der Waals surface area contributed by atoms with Crippen LogP contribution in [0.4, 0.5) is 5.82 Å². The van der Waals surface area contributed by atoms with Crippen molar-refractivity contribution in [3.05, 3.63) is 68.5 Å². The van der Waals surface area contributed by atoms with Crippen LogP contribution in [0, 0.1) is 12.8 Å². The second kappa shape index (κ2) is 10.8. The van der Waals surface area contributed by atoms with Gasteiger partial charge in [-0.2, -0.15) is 13.1 Å². The third-order valence-electron chi connectivity index (χ3n) is 5.93. The molecule has 0 saturated heterocycles. The fourth-order valence-electron chi connectivity index (χ4n) is 4.17. The zero-order valence-electron chi connectivity index (χ0n) is 19.0. The number of aryl methyl sites for hydroxylation is 1. The van der Waals surface area contributed by atoms with E-state index in [9.17, 15) is 23.4 Å². The summed E-state index contributed by atoms with van der Waals surface area (Å²) >= 11 is 7.17. The summed E-state index contributed by atoms with van der Waals surface area (Å²) in [6.45, 7) is 1.64. The normalized spacial score (nSPS) is 20.9. The Hall–Kier alpha value is -2.52. The average Bonchev–Trinajstić information content (AvgIpc) is 3.38. The van der Waals surface area contributed by atoms with Gasteiger partial charge in [0, 0.05) is 34.6 Å². The molecule has 1 fully saturated rings. The summed E-state index contributed by atoms with van der Waals surface area (Å²) in [6.07, 6.45) is 1.46. The first-order valence-corrected chi connectivity index (χ1v) is 13.6. The van der Waals surface area contributed by atoms with Gasteiger partial charge in [-0.25, -0.2) is 15.0 Å². The molecular weight excluding hydrogens is 530 g/mol. The molecule has 1 aliphatic rings. The lowest BCUT2D eigenvalue weighted by atomic mass is 10.1. The molecule has 1 saturated carbocycles. The van der Waals surface area contributed by atoms with Crippen molar-refractivity contribution in [2.45, 2.75) is 38.0 Å². The summed E-state index contributed by atoms with van der Waals surface area (Å²) < 4.78 is 32.8. The molecule has 2 heterocycles. The standard InChI is InChI=1S/C22H24ClN5O6S2/c1-11-18(19(30)12-3-2-4-14(23)5-12)28-22(35-11)20(31)16-9-24-10-25-21(16)27-15-6-13(17(29)7-15)8-26-36(32,33)34/h2-5,9-10,13,15,17,19,26,29-30H,6-8H2,1H3,(H,24,25,27)(H,32,33,34)/t13-,15-,17+,19-/m1/s1. The van der Waals surface area contributed by atoms with E-state index in [-0.39, 0.29) is 29.0 Å². The van der Waals surface area contributed by atoms with Crippen LogP contribution in [0.2, 0.25) is 5.02 Å². The number of aliphatic hydroxyl groups excluding tert-OH is 2. The van der Waals surface area contributed by atoms with Crippen LogP contribution in [-0.4, -0.2) is 62.6 Å². The minimum Gasteiger partial charge on any atom is -0.393 e. The average molecular weight is 554 g/mol. The van der Waals surface area contributed by atoms with Gasteiger partial charge in [-0.15, -0.1) is 11.3 Å². The molecule has 0 unspecified atom stereocenters. The van der Waals surface area contributed by atoms with E-state index in [0.717, 1.165) is 11.3 Å². The molecule has 0 aliphatic heterocycles. The zero-order valence-corrected chi connectivity index (χ0v) is 21.4. The number of hydrogen-bond donors (Lipinski definition) is 5. The number of aliphatic hydroxyl groups is 2. The van der Waals surface area contributed by atoms with Crippen molar-refractivity contribution in [2.24, 2.45) is 5.92 Å². The Morgan fingerprint density at radius 2 is 2.11 bits per heavy atom. The van der Waals surface area contributed by atoms with Crippen LogP contribution in [0.5, 0.6) is 0 Å². The first kappa shape index (κ1) is 26.5. The number of hydrogen-bond acceptors (Lipinski definition) is 10. The zero-order chi connectivity index (χ0) is 26.0. The van der Waals surface area contributed by atoms with Gasteiger partial charge in [0.05, 0.1) is 17.4 Å². The van der Waals surface area contributed by atoms with Gasteiger partial charge in [0.1, 0.15) is 18.2 Å². The van der Waals surface area contributed by atoms with E-state index in [1.54, 1.807) is 31.2 Å². The molecule has 0 spiro atoms. The molecule has 0 bridgehead atoms. The van der Waals surface area contributed by atoms with Crippen LogP contribution >= 0.6 is 22.9 Å². The summed E-state index contributed by atoms with van der Waals surface area (Å²) in [5, 5.41) is 24.9. The first-order chi connectivity index (χ1) is 17.0. The van der Waals surface area contributed by atoms with Crippen molar-refractivity contribution < 1.29 is 28.0 Å². The fraction of sp³-hybridized carbons (Fsp3) is 0.364. The highest BCUT2D eigenvalue weighted by Crippen LogP contribution is 2.32. The van der Waals surface area contributed by atoms with Gasteiger partial charge in [-0.1, -0.05) is 23.7 Å². The number of rotatable bonds is 9. The molecule has 0 amide bonds. The first-order valence-electron chi connectivity index (χ1n) is 10.9. The number of nitrogens with one attached hydrogen (secondary N) is 2. The number of aromatic nitrogens is 3. The number of anilines is 1. The highest BCUT2D eigenvalue weighted by atomic mass is 35.5. The minimum atomic E-state index is -4.36. The Morgan fingerprint density at radius 1 is 1.33 bits per heavy atom. The van der Waals surface area contributed by atoms with E-state index >= 15 is 0 Å². The van der Waals surface area contributed by atoms with Crippen molar-refractivity contribution in [2.75, 3.05) is 11.9 Å². The molecule has 192 valence electrons. The van der Waals surface area contributed by atoms with Gasteiger partial charge in [-0.05, 0) is 37.5 Å². The van der Waals surface area contributed by atoms with E-state index in [1.807, 2.05) is 4.72 Å². The molecule has 36 heavy (non-hydrogen) atoms. The second-order valence-corrected chi connectivity index (χ2v) is 11.4. The van der Waals surface area contributed by atoms with Crippen molar-refractivity contribution in [3.63, 3.8) is 0 Å². The highest BCUT2D eigenvalue weighted by Gasteiger charge is 2.34. The van der Waals surface area contributed by atoms with Crippen molar-refractivity contribution in [1.29, 1.82) is 0 Å². The van der Waals surface area contributed by atoms with Crippen LogP contribution in [0.15, 0.2) is 36.8 Å². The minimum absolute atomic E-state index is 0.121. The van der Waals surface area contributed by atoms with E-state index in [0.29, 0.717) is 34.0 Å². The molecule has 14 heteroatoms. The van der Waals surface area contributed by atoms with Crippen LogP contribution in [0.3, 0.4) is 0 Å². The van der Waals surface area contributed by atoms with Gasteiger partial charge in [0.15, 0.2) is 5.01 Å². The Morgan fingerprint density at radius 3 is 2.83 bits per heavy atom. The smallest absolute Gasteiger partial charge is 0.333 e. The molecule has 3 aromatic rings. The SMILES string of the molecule is Cc1sc(C(=O)c2cncnc2N[C@@H]2C[C@H](CNS(=O)(=O)O)[C@@H](O)C2)nc1[C@H](O)c1cccc(Cl)c1. The number of ketones is 1. The molecular formula is C22H24ClN5O6S2. The summed E-state index contributed by atoms with van der Waals surface area (Å²) in [5.41, 5.74) is 1.08. The van der Waals surface area contributed by atoms with Gasteiger partial charge in [0.25, 0.3) is 0 Å². The van der Waals surface area contributed by atoms with E-state index in [4.69, 9.17) is 16.2 Å².